The Balaban J connectivity index is 1.61. The van der Waals surface area contributed by atoms with Crippen molar-refractivity contribution in [1.82, 2.24) is 4.90 Å². The Bertz CT molecular complexity index is 534. The number of rotatable bonds is 6. The van der Waals surface area contributed by atoms with Gasteiger partial charge in [0.05, 0.1) is 12.7 Å². The molecule has 23 heavy (non-hydrogen) atoms. The van der Waals surface area contributed by atoms with Gasteiger partial charge in [-0.1, -0.05) is 6.07 Å². The Morgan fingerprint density at radius 3 is 2.70 bits per heavy atom. The van der Waals surface area contributed by atoms with Crippen molar-refractivity contribution >= 4 is 5.91 Å². The highest BCUT2D eigenvalue weighted by Crippen LogP contribution is 2.37. The second-order valence-corrected chi connectivity index (χ2v) is 6.37. The minimum Gasteiger partial charge on any atom is -0.491 e. The van der Waals surface area contributed by atoms with E-state index in [0.717, 1.165) is 12.8 Å². The molecule has 1 amide bonds. The minimum atomic E-state index is -0.229. The Morgan fingerprint density at radius 2 is 2.00 bits per heavy atom. The molecular weight excluding hydrogens is 294 g/mol. The van der Waals surface area contributed by atoms with Gasteiger partial charge in [-0.05, 0) is 38.0 Å². The number of hydrogen-bond acceptors (Lipinski definition) is 4. The summed E-state index contributed by atoms with van der Waals surface area (Å²) < 4.78 is 10.9. The van der Waals surface area contributed by atoms with E-state index >= 15 is 0 Å². The molecule has 3 rings (SSSR count). The third-order valence-corrected chi connectivity index (χ3v) is 4.85. The van der Waals surface area contributed by atoms with Gasteiger partial charge < -0.3 is 19.5 Å². The van der Waals surface area contributed by atoms with Crippen LogP contribution in [0.15, 0.2) is 24.3 Å². The summed E-state index contributed by atoms with van der Waals surface area (Å²) in [6.45, 7) is 4.96. The lowest BCUT2D eigenvalue weighted by Crippen LogP contribution is -2.47. The maximum atomic E-state index is 12.7. The van der Waals surface area contributed by atoms with Gasteiger partial charge in [-0.25, -0.2) is 0 Å². The molecule has 0 aromatic heterocycles. The van der Waals surface area contributed by atoms with E-state index in [1.165, 1.54) is 0 Å². The van der Waals surface area contributed by atoms with Crippen LogP contribution in [-0.4, -0.2) is 54.9 Å². The van der Waals surface area contributed by atoms with Crippen LogP contribution in [0.1, 0.15) is 30.1 Å². The van der Waals surface area contributed by atoms with Crippen molar-refractivity contribution in [1.29, 1.82) is 0 Å². The van der Waals surface area contributed by atoms with Crippen LogP contribution in [-0.2, 0) is 4.74 Å². The van der Waals surface area contributed by atoms with Crippen molar-refractivity contribution in [2.75, 3.05) is 32.9 Å². The van der Waals surface area contributed by atoms with Gasteiger partial charge in [-0.15, -0.1) is 0 Å². The van der Waals surface area contributed by atoms with Gasteiger partial charge in [0.2, 0.25) is 0 Å². The number of ether oxygens (including phenoxy) is 2. The van der Waals surface area contributed by atoms with Crippen molar-refractivity contribution < 1.29 is 19.4 Å². The van der Waals surface area contributed by atoms with E-state index in [2.05, 4.69) is 0 Å². The molecule has 1 aromatic rings. The summed E-state index contributed by atoms with van der Waals surface area (Å²) in [6.07, 6.45) is 1.82. The summed E-state index contributed by atoms with van der Waals surface area (Å²) in [5, 5.41) is 10.1. The Morgan fingerprint density at radius 1 is 1.26 bits per heavy atom. The molecule has 126 valence electrons. The van der Waals surface area contributed by atoms with Crippen LogP contribution in [0.25, 0.3) is 0 Å². The Labute approximate surface area is 137 Å². The van der Waals surface area contributed by atoms with Gasteiger partial charge in [0.1, 0.15) is 12.4 Å². The number of nitrogens with zero attached hydrogens (tertiary/aromatic N) is 1. The number of carbonyl (C=O) groups is 1. The fourth-order valence-electron chi connectivity index (χ4n) is 3.62. The summed E-state index contributed by atoms with van der Waals surface area (Å²) in [5.74, 6) is 1.20. The third-order valence-electron chi connectivity index (χ3n) is 4.85. The lowest BCUT2D eigenvalue weighted by Gasteiger charge is -2.35. The molecule has 1 aromatic carbocycles. The van der Waals surface area contributed by atoms with Crippen LogP contribution in [0.5, 0.6) is 5.75 Å². The zero-order chi connectivity index (χ0) is 16.2. The fraction of sp³-hybridized carbons (Fsp3) is 0.611. The minimum absolute atomic E-state index is 0.0315. The van der Waals surface area contributed by atoms with Crippen molar-refractivity contribution in [3.63, 3.8) is 0 Å². The number of hydrogen-bond donors (Lipinski definition) is 1. The Kier molecular flexibility index (Phi) is 5.18. The second kappa shape index (κ2) is 7.32. The molecule has 1 saturated heterocycles. The summed E-state index contributed by atoms with van der Waals surface area (Å²) in [6, 6.07) is 7.31. The van der Waals surface area contributed by atoms with Crippen molar-refractivity contribution in [3.8, 4) is 5.75 Å². The smallest absolute Gasteiger partial charge is 0.254 e. The first-order valence-electron chi connectivity index (χ1n) is 8.47. The highest BCUT2D eigenvalue weighted by molar-refractivity contribution is 5.94. The quantitative estimate of drug-likeness (QED) is 0.814. The Hall–Kier alpha value is -1.59. The van der Waals surface area contributed by atoms with Gasteiger partial charge in [0, 0.05) is 37.1 Å². The lowest BCUT2D eigenvalue weighted by molar-refractivity contribution is 0.0166. The van der Waals surface area contributed by atoms with E-state index in [9.17, 15) is 9.90 Å². The first-order chi connectivity index (χ1) is 11.2. The predicted octanol–water partition coefficient (Wildman–Crippen LogP) is 1.94. The molecule has 5 nitrogen and oxygen atoms in total. The maximum Gasteiger partial charge on any atom is 0.254 e. The zero-order valence-corrected chi connectivity index (χ0v) is 13.6. The first kappa shape index (κ1) is 16.3. The van der Waals surface area contributed by atoms with Gasteiger partial charge >= 0.3 is 0 Å². The van der Waals surface area contributed by atoms with Crippen LogP contribution in [0, 0.1) is 11.8 Å². The summed E-state index contributed by atoms with van der Waals surface area (Å²) in [4.78, 5) is 14.6. The van der Waals surface area contributed by atoms with Crippen LogP contribution >= 0.6 is 0 Å². The third kappa shape index (κ3) is 3.67. The SMILES string of the molecule is CCOCCOc1cccc(C(=O)N2C[C@H]3CC[C@@H](C2)C3O)c1. The average molecular weight is 319 g/mol. The molecule has 1 aliphatic heterocycles. The molecule has 1 N–H and O–H groups in total. The lowest BCUT2D eigenvalue weighted by atomic mass is 9.94. The standard InChI is InChI=1S/C18H25NO4/c1-2-22-8-9-23-16-5-3-4-13(10-16)18(21)19-11-14-6-7-15(12-19)17(14)20/h3-5,10,14-15,17,20H,2,6-9,11-12H2,1H3/t14-,15+,17?. The first-order valence-corrected chi connectivity index (χ1v) is 8.47. The number of likely N-dealkylation sites (tertiary alicyclic amines) is 1. The molecule has 3 atom stereocenters. The number of aliphatic hydroxyl groups is 1. The number of benzene rings is 1. The number of piperidine rings is 1. The highest BCUT2D eigenvalue weighted by Gasteiger charge is 2.42. The van der Waals surface area contributed by atoms with Crippen molar-refractivity contribution in [2.24, 2.45) is 11.8 Å². The molecule has 5 heteroatoms. The highest BCUT2D eigenvalue weighted by atomic mass is 16.5. The van der Waals surface area contributed by atoms with Gasteiger partial charge in [-0.2, -0.15) is 0 Å². The van der Waals surface area contributed by atoms with E-state index in [0.29, 0.717) is 44.2 Å². The number of amides is 1. The fourth-order valence-corrected chi connectivity index (χ4v) is 3.62. The van der Waals surface area contributed by atoms with Crippen LogP contribution in [0.2, 0.25) is 0 Å². The summed E-state index contributed by atoms with van der Waals surface area (Å²) in [7, 11) is 0. The van der Waals surface area contributed by atoms with Crippen molar-refractivity contribution in [3.05, 3.63) is 29.8 Å². The molecule has 1 heterocycles. The molecule has 1 aliphatic carbocycles. The monoisotopic (exact) mass is 319 g/mol. The molecule has 1 saturated carbocycles. The van der Waals surface area contributed by atoms with E-state index in [1.807, 2.05) is 30.0 Å². The van der Waals surface area contributed by atoms with Gasteiger partial charge in [0.15, 0.2) is 0 Å². The molecule has 2 fully saturated rings. The van der Waals surface area contributed by atoms with Crippen molar-refractivity contribution in [2.45, 2.75) is 25.9 Å². The molecule has 1 unspecified atom stereocenters. The van der Waals surface area contributed by atoms with Crippen LogP contribution < -0.4 is 4.74 Å². The van der Waals surface area contributed by atoms with Gasteiger partial charge in [0.25, 0.3) is 5.91 Å². The largest absolute Gasteiger partial charge is 0.491 e. The molecule has 0 spiro atoms. The van der Waals surface area contributed by atoms with Gasteiger partial charge in [-0.3, -0.25) is 4.79 Å². The normalized spacial score (nSPS) is 26.3. The predicted molar refractivity (Wildman–Crippen MR) is 86.6 cm³/mol. The second-order valence-electron chi connectivity index (χ2n) is 6.37. The van der Waals surface area contributed by atoms with E-state index < -0.39 is 0 Å². The number of fused-ring (bicyclic) bond motifs is 2. The van der Waals surface area contributed by atoms with E-state index in [-0.39, 0.29) is 23.8 Å². The van der Waals surface area contributed by atoms with E-state index in [4.69, 9.17) is 9.47 Å². The molecule has 0 radical (unpaired) electrons. The average Bonchev–Trinajstić information content (AvgIpc) is 2.78. The summed E-state index contributed by atoms with van der Waals surface area (Å²) >= 11 is 0. The number of aliphatic hydroxyl groups excluding tert-OH is 1. The summed E-state index contributed by atoms with van der Waals surface area (Å²) in [5.41, 5.74) is 0.648. The van der Waals surface area contributed by atoms with Crippen LogP contribution in [0.4, 0.5) is 0 Å². The molecular formula is C18H25NO4. The van der Waals surface area contributed by atoms with E-state index in [1.54, 1.807) is 6.07 Å². The molecule has 2 bridgehead atoms. The topological polar surface area (TPSA) is 59.0 Å². The molecule has 2 aliphatic rings. The number of carbonyl (C=O) groups excluding carboxylic acids is 1. The maximum absolute atomic E-state index is 12.7. The van der Waals surface area contributed by atoms with Crippen LogP contribution in [0.3, 0.4) is 0 Å². The zero-order valence-electron chi connectivity index (χ0n) is 13.6.